The van der Waals surface area contributed by atoms with Gasteiger partial charge in [0.2, 0.25) is 0 Å². The Kier molecular flexibility index (Phi) is 696. The molecule has 0 aliphatic heterocycles. The van der Waals surface area contributed by atoms with Crippen LogP contribution in [0.4, 0.5) is 0 Å². The molecule has 0 aliphatic rings. The van der Waals surface area contributed by atoms with Gasteiger partial charge in [0.15, 0.2) is 5.34 Å². The number of hydrogen-bond donors (Lipinski definition) is 1. The third-order valence-electron chi connectivity index (χ3n) is 0. The minimum absolute atomic E-state index is 0. The molecule has 0 bridgehead atoms. The van der Waals surface area contributed by atoms with Crippen molar-refractivity contribution in [2.75, 3.05) is 0 Å². The molecule has 1 N–H and O–H groups in total. The van der Waals surface area contributed by atoms with E-state index in [-0.39, 0.29) is 51.1 Å². The van der Waals surface area contributed by atoms with Gasteiger partial charge in [-0.3, -0.25) is 0 Å². The van der Waals surface area contributed by atoms with Crippen LogP contribution in [-0.4, -0.2) is 5.21 Å². The van der Waals surface area contributed by atoms with Crippen molar-refractivity contribution in [3.05, 3.63) is 55.5 Å². The maximum atomic E-state index is 8.11. The molecule has 0 spiro atoms. The Bertz CT molecular complexity index is 125. The van der Waals surface area contributed by atoms with E-state index in [0.29, 0.717) is 0 Å². The van der Waals surface area contributed by atoms with Gasteiger partial charge in [0.1, 0.15) is 0 Å². The fraction of sp³-hybridized carbons (Fsp3) is 0. The Morgan fingerprint density at radius 1 is 0.600 bits per heavy atom. The maximum Gasteiger partial charge on any atom is 1.00 e. The van der Waals surface area contributed by atoms with Crippen LogP contribution in [0.15, 0.2) is 32.0 Å². The van der Waals surface area contributed by atoms with Crippen LogP contribution < -0.4 is 29.6 Å². The standard InChI is InChI=1S/Ir.6HNO2.Na.H/c;6*2-1-3;;/h;6*(H,2,3);;/q;;;;;;;+1;-1/p-5. The van der Waals surface area contributed by atoms with Crippen LogP contribution in [0.1, 0.15) is 1.43 Å². The zero-order valence-electron chi connectivity index (χ0n) is 9.95. The summed E-state index contributed by atoms with van der Waals surface area (Å²) in [5.74, 6) is 0. The normalized spacial score (nSPS) is 3.60. The van der Waals surface area contributed by atoms with Crippen LogP contribution in [0.5, 0.6) is 0 Å². The largest absolute Gasteiger partial charge is 1.00 e. The van der Waals surface area contributed by atoms with Crippen molar-refractivity contribution in [3.8, 4) is 0 Å². The minimum atomic E-state index is 0. The predicted molar refractivity (Wildman–Crippen MR) is 54.5 cm³/mol. The average Bonchev–Trinajstić information content (AvgIpc) is 2.23. The van der Waals surface area contributed by atoms with Gasteiger partial charge in [0, 0.05) is 20.1 Å². The first kappa shape index (κ1) is 52.0. The zero-order valence-corrected chi connectivity index (χ0v) is 13.3. The second-order valence-corrected chi connectivity index (χ2v) is 0.454. The molecule has 0 fully saturated rings. The van der Waals surface area contributed by atoms with E-state index in [4.69, 9.17) is 60.7 Å². The Balaban J connectivity index is -0.0000000114. The summed E-state index contributed by atoms with van der Waals surface area (Å²) in [5.41, 5.74) is 0. The molecule has 0 aromatic heterocycles. The van der Waals surface area contributed by atoms with Gasteiger partial charge in [0.25, 0.3) is 0 Å². The molecule has 20 heteroatoms. The monoisotopic (exact) mass is 494 g/mol. The van der Waals surface area contributed by atoms with Gasteiger partial charge in [-0.1, -0.05) is 0 Å². The van der Waals surface area contributed by atoms with Gasteiger partial charge < -0.3 is 57.2 Å². The van der Waals surface area contributed by atoms with E-state index in [2.05, 4.69) is 0 Å². The molecule has 0 saturated carbocycles. The molecule has 0 saturated heterocycles. The Morgan fingerprint density at radius 2 is 0.600 bits per heavy atom. The van der Waals surface area contributed by atoms with Crippen LogP contribution in [-0.2, 0) is 20.1 Å². The quantitative estimate of drug-likeness (QED) is 0.229. The van der Waals surface area contributed by atoms with Gasteiger partial charge in [0.05, 0.1) is 0 Å². The van der Waals surface area contributed by atoms with Crippen LogP contribution >= 0.6 is 0 Å². The van der Waals surface area contributed by atoms with Crippen LogP contribution in [0.25, 0.3) is 0 Å². The van der Waals surface area contributed by atoms with Gasteiger partial charge >= 0.3 is 29.6 Å². The van der Waals surface area contributed by atoms with E-state index in [9.17, 15) is 0 Å². The van der Waals surface area contributed by atoms with Crippen molar-refractivity contribution >= 4 is 0 Å². The van der Waals surface area contributed by atoms with E-state index in [1.165, 1.54) is 5.34 Å². The first-order valence-electron chi connectivity index (χ1n) is 2.21. The van der Waals surface area contributed by atoms with Crippen molar-refractivity contribution in [1.82, 2.24) is 0 Å². The van der Waals surface area contributed by atoms with E-state index in [1.807, 2.05) is 0 Å². The second kappa shape index (κ2) is 268. The summed E-state index contributed by atoms with van der Waals surface area (Å²) in [7, 11) is 0. The molecular weight excluding hydrogens is 491 g/mol. The molecule has 0 aliphatic carbocycles. The van der Waals surface area contributed by atoms with Gasteiger partial charge in [-0.2, -0.15) is 0 Å². The zero-order chi connectivity index (χ0) is 16.2. The van der Waals surface area contributed by atoms with Crippen molar-refractivity contribution in [2.24, 2.45) is 32.0 Å². The van der Waals surface area contributed by atoms with Crippen molar-refractivity contribution < 1.29 is 56.3 Å². The summed E-state index contributed by atoms with van der Waals surface area (Å²) < 4.78 is 0. The van der Waals surface area contributed by atoms with Crippen molar-refractivity contribution in [1.29, 1.82) is 0 Å². The van der Waals surface area contributed by atoms with E-state index < -0.39 is 0 Å². The molecule has 0 amide bonds. The van der Waals surface area contributed by atoms with Crippen molar-refractivity contribution in [2.45, 2.75) is 0 Å². The topological polar surface area (TPSA) is 312 Å². The molecule has 18 nitrogen and oxygen atoms in total. The van der Waals surface area contributed by atoms with Crippen LogP contribution in [0, 0.1) is 55.5 Å². The Hall–Kier alpha value is -1.95. The van der Waals surface area contributed by atoms with Crippen LogP contribution in [0.3, 0.4) is 0 Å². The molecule has 0 rings (SSSR count). The Labute approximate surface area is 143 Å². The van der Waals surface area contributed by atoms with Gasteiger partial charge in [-0.05, 0) is 0 Å². The van der Waals surface area contributed by atoms with Gasteiger partial charge in [-0.15, -0.1) is 31.6 Å². The molecular formula is H2IrN6NaO12-5. The average molecular weight is 493 g/mol. The molecule has 0 aromatic rings. The summed E-state index contributed by atoms with van der Waals surface area (Å²) in [6, 6.07) is 0. The fourth-order valence-electron chi connectivity index (χ4n) is 0. The number of nitrogens with zero attached hydrogens (tertiary/aromatic N) is 6. The number of rotatable bonds is 0. The maximum absolute atomic E-state index is 8.11. The summed E-state index contributed by atoms with van der Waals surface area (Å²) in [6.45, 7) is 0. The summed E-state index contributed by atoms with van der Waals surface area (Å²) in [4.78, 5) is 48.1. The van der Waals surface area contributed by atoms with E-state index >= 15 is 0 Å². The fourth-order valence-corrected chi connectivity index (χ4v) is 0. The van der Waals surface area contributed by atoms with Crippen LogP contribution in [0.2, 0.25) is 0 Å². The number of hydrogen-bond acceptors (Lipinski definition) is 17. The predicted octanol–water partition coefficient (Wildman–Crippen LogP) is -1.49. The molecule has 0 heterocycles. The molecule has 1 radical (unpaired) electrons. The Morgan fingerprint density at radius 3 is 0.600 bits per heavy atom. The summed E-state index contributed by atoms with van der Waals surface area (Å²) >= 11 is 0. The molecule has 20 heavy (non-hydrogen) atoms. The summed E-state index contributed by atoms with van der Waals surface area (Å²) in [6.07, 6.45) is 0. The first-order chi connectivity index (χ1) is 8.49. The molecule has 0 unspecified atom stereocenters. The van der Waals surface area contributed by atoms with Crippen molar-refractivity contribution in [3.63, 3.8) is 0 Å². The SMILES string of the molecule is O=NO.O=N[O-].O=N[O-].O=N[O-].O=N[O-].O=N[O-].[H-].[Ir].[Na+]. The van der Waals surface area contributed by atoms with E-state index in [1.54, 1.807) is 0 Å². The van der Waals surface area contributed by atoms with E-state index in [0.717, 1.165) is 26.7 Å². The molecule has 0 aromatic carbocycles. The molecule has 0 atom stereocenters. The third kappa shape index (κ3) is 955. The first-order valence-corrected chi connectivity index (χ1v) is 2.21. The molecule has 119 valence electrons. The second-order valence-electron chi connectivity index (χ2n) is 0.454. The summed E-state index contributed by atoms with van der Waals surface area (Å²) in [5, 5.41) is 52.9. The van der Waals surface area contributed by atoms with Gasteiger partial charge in [-0.25, -0.2) is 0 Å². The third-order valence-corrected chi connectivity index (χ3v) is 0. The smallest absolute Gasteiger partial charge is 1.00 e. The minimum Gasteiger partial charge on any atom is -1.00 e.